The Morgan fingerprint density at radius 2 is 1.94 bits per heavy atom. The van der Waals surface area contributed by atoms with Crippen molar-refractivity contribution in [2.24, 2.45) is 5.73 Å². The van der Waals surface area contributed by atoms with Crippen LogP contribution in [0.1, 0.15) is 25.7 Å². The predicted molar refractivity (Wildman–Crippen MR) is 68.0 cm³/mol. The lowest BCUT2D eigenvalue weighted by Gasteiger charge is -2.43. The van der Waals surface area contributed by atoms with Crippen molar-refractivity contribution in [3.63, 3.8) is 0 Å². The van der Waals surface area contributed by atoms with Gasteiger partial charge < -0.3 is 15.4 Å². The number of morpholine rings is 1. The zero-order valence-corrected chi connectivity index (χ0v) is 10.7. The quantitative estimate of drug-likeness (QED) is 0.751. The fourth-order valence-electron chi connectivity index (χ4n) is 3.75. The largest absolute Gasteiger partial charge is 0.374 e. The second-order valence-electron chi connectivity index (χ2n) is 5.73. The molecule has 0 saturated carbocycles. The van der Waals surface area contributed by atoms with Gasteiger partial charge in [-0.15, -0.1) is 0 Å². The Morgan fingerprint density at radius 3 is 2.82 bits per heavy atom. The summed E-state index contributed by atoms with van der Waals surface area (Å²) < 4.78 is 5.66. The van der Waals surface area contributed by atoms with E-state index in [1.807, 2.05) is 0 Å². The Kier molecular flexibility index (Phi) is 3.66. The zero-order chi connectivity index (χ0) is 11.7. The topological polar surface area (TPSA) is 41.7 Å². The summed E-state index contributed by atoms with van der Waals surface area (Å²) in [4.78, 5) is 5.33. The highest BCUT2D eigenvalue weighted by molar-refractivity contribution is 4.91. The standard InChI is InChI=1S/C13H25N3O/c14-9-13-10-16(6-7-17-13)12-3-5-15-4-1-2-11(15)8-12/h11-13H,1-10,14H2. The Labute approximate surface area is 104 Å². The van der Waals surface area contributed by atoms with Crippen LogP contribution in [-0.2, 0) is 4.74 Å². The van der Waals surface area contributed by atoms with Gasteiger partial charge in [0.25, 0.3) is 0 Å². The third-order valence-corrected chi connectivity index (χ3v) is 4.74. The Hall–Kier alpha value is -0.160. The van der Waals surface area contributed by atoms with Gasteiger partial charge in [-0.1, -0.05) is 0 Å². The minimum Gasteiger partial charge on any atom is -0.374 e. The maximum absolute atomic E-state index is 5.72. The van der Waals surface area contributed by atoms with E-state index in [2.05, 4.69) is 9.80 Å². The van der Waals surface area contributed by atoms with E-state index in [0.29, 0.717) is 6.54 Å². The number of hydrogen-bond donors (Lipinski definition) is 1. The van der Waals surface area contributed by atoms with Gasteiger partial charge in [-0.05, 0) is 38.8 Å². The molecule has 3 heterocycles. The molecule has 0 aliphatic carbocycles. The van der Waals surface area contributed by atoms with E-state index in [0.717, 1.165) is 31.8 Å². The van der Waals surface area contributed by atoms with Gasteiger partial charge in [-0.2, -0.15) is 0 Å². The van der Waals surface area contributed by atoms with Crippen LogP contribution in [0.2, 0.25) is 0 Å². The van der Waals surface area contributed by atoms with Crippen molar-refractivity contribution in [1.29, 1.82) is 0 Å². The van der Waals surface area contributed by atoms with Crippen molar-refractivity contribution in [2.75, 3.05) is 39.3 Å². The number of piperidine rings is 1. The molecule has 0 radical (unpaired) electrons. The molecule has 0 aromatic heterocycles. The fraction of sp³-hybridized carbons (Fsp3) is 1.00. The maximum Gasteiger partial charge on any atom is 0.0824 e. The SMILES string of the molecule is NCC1CN(C2CCN3CCCC3C2)CCO1. The van der Waals surface area contributed by atoms with Crippen molar-refractivity contribution in [1.82, 2.24) is 9.80 Å². The molecule has 4 nitrogen and oxygen atoms in total. The average molecular weight is 239 g/mol. The number of ether oxygens (including phenoxy) is 1. The molecule has 3 atom stereocenters. The Balaban J connectivity index is 1.57. The van der Waals surface area contributed by atoms with Crippen molar-refractivity contribution in [3.8, 4) is 0 Å². The summed E-state index contributed by atoms with van der Waals surface area (Å²) in [6.45, 7) is 6.33. The molecule has 0 aromatic rings. The minimum atomic E-state index is 0.269. The highest BCUT2D eigenvalue weighted by atomic mass is 16.5. The molecule has 3 fully saturated rings. The second-order valence-corrected chi connectivity index (χ2v) is 5.73. The van der Waals surface area contributed by atoms with E-state index in [4.69, 9.17) is 10.5 Å². The summed E-state index contributed by atoms with van der Waals surface area (Å²) in [5.74, 6) is 0. The van der Waals surface area contributed by atoms with E-state index >= 15 is 0 Å². The van der Waals surface area contributed by atoms with E-state index < -0.39 is 0 Å². The van der Waals surface area contributed by atoms with Crippen LogP contribution in [0.4, 0.5) is 0 Å². The van der Waals surface area contributed by atoms with Crippen molar-refractivity contribution >= 4 is 0 Å². The first kappa shape index (κ1) is 11.9. The molecular weight excluding hydrogens is 214 g/mol. The fourth-order valence-corrected chi connectivity index (χ4v) is 3.75. The van der Waals surface area contributed by atoms with Crippen molar-refractivity contribution in [3.05, 3.63) is 0 Å². The number of hydrogen-bond acceptors (Lipinski definition) is 4. The summed E-state index contributed by atoms with van der Waals surface area (Å²) in [5, 5.41) is 0. The first-order chi connectivity index (χ1) is 8.36. The molecule has 3 aliphatic rings. The van der Waals surface area contributed by atoms with E-state index in [1.165, 1.54) is 38.8 Å². The molecule has 0 spiro atoms. The van der Waals surface area contributed by atoms with E-state index in [9.17, 15) is 0 Å². The van der Waals surface area contributed by atoms with Crippen LogP contribution < -0.4 is 5.73 Å². The maximum atomic E-state index is 5.72. The van der Waals surface area contributed by atoms with Crippen LogP contribution in [-0.4, -0.2) is 67.3 Å². The van der Waals surface area contributed by atoms with Gasteiger partial charge in [0.1, 0.15) is 0 Å². The molecule has 3 saturated heterocycles. The number of rotatable bonds is 2. The predicted octanol–water partition coefficient (Wildman–Crippen LogP) is 0.273. The molecule has 3 unspecified atom stereocenters. The van der Waals surface area contributed by atoms with Gasteiger partial charge in [0, 0.05) is 31.7 Å². The summed E-state index contributed by atoms with van der Waals surface area (Å²) >= 11 is 0. The van der Waals surface area contributed by atoms with Gasteiger partial charge in [0.05, 0.1) is 12.7 Å². The van der Waals surface area contributed by atoms with Crippen LogP contribution in [0.5, 0.6) is 0 Å². The van der Waals surface area contributed by atoms with Crippen LogP contribution in [0.3, 0.4) is 0 Å². The van der Waals surface area contributed by atoms with Gasteiger partial charge >= 0.3 is 0 Å². The third-order valence-electron chi connectivity index (χ3n) is 4.74. The minimum absolute atomic E-state index is 0.269. The summed E-state index contributed by atoms with van der Waals surface area (Å²) in [6, 6.07) is 1.65. The first-order valence-corrected chi connectivity index (χ1v) is 7.16. The summed E-state index contributed by atoms with van der Waals surface area (Å²) in [7, 11) is 0. The van der Waals surface area contributed by atoms with Crippen molar-refractivity contribution < 1.29 is 4.74 Å². The van der Waals surface area contributed by atoms with Gasteiger partial charge in [-0.3, -0.25) is 4.90 Å². The molecule has 2 N–H and O–H groups in total. The summed E-state index contributed by atoms with van der Waals surface area (Å²) in [5.41, 5.74) is 5.72. The number of nitrogens with zero attached hydrogens (tertiary/aromatic N) is 2. The summed E-state index contributed by atoms with van der Waals surface area (Å²) in [6.07, 6.45) is 5.81. The molecular formula is C13H25N3O. The molecule has 17 heavy (non-hydrogen) atoms. The molecule has 0 aromatic carbocycles. The lowest BCUT2D eigenvalue weighted by atomic mass is 9.95. The molecule has 0 bridgehead atoms. The third kappa shape index (κ3) is 2.50. The molecule has 98 valence electrons. The average Bonchev–Trinajstić information content (AvgIpc) is 2.86. The van der Waals surface area contributed by atoms with Gasteiger partial charge in [0.2, 0.25) is 0 Å². The number of fused-ring (bicyclic) bond motifs is 1. The van der Waals surface area contributed by atoms with E-state index in [1.54, 1.807) is 0 Å². The number of nitrogens with two attached hydrogens (primary N) is 1. The van der Waals surface area contributed by atoms with Crippen LogP contribution in [0, 0.1) is 0 Å². The monoisotopic (exact) mass is 239 g/mol. The first-order valence-electron chi connectivity index (χ1n) is 7.16. The Bertz CT molecular complexity index is 261. The normalized spacial score (nSPS) is 40.4. The van der Waals surface area contributed by atoms with Gasteiger partial charge in [-0.25, -0.2) is 0 Å². The lowest BCUT2D eigenvalue weighted by molar-refractivity contribution is -0.0504. The Morgan fingerprint density at radius 1 is 1.06 bits per heavy atom. The van der Waals surface area contributed by atoms with Crippen LogP contribution >= 0.6 is 0 Å². The van der Waals surface area contributed by atoms with E-state index in [-0.39, 0.29) is 6.10 Å². The van der Waals surface area contributed by atoms with Gasteiger partial charge in [0.15, 0.2) is 0 Å². The lowest BCUT2D eigenvalue weighted by Crippen LogP contribution is -2.54. The molecule has 3 aliphatic heterocycles. The highest BCUT2D eigenvalue weighted by Crippen LogP contribution is 2.29. The molecule has 4 heteroatoms. The van der Waals surface area contributed by atoms with Crippen LogP contribution in [0.15, 0.2) is 0 Å². The molecule has 3 rings (SSSR count). The smallest absolute Gasteiger partial charge is 0.0824 e. The second kappa shape index (κ2) is 5.22. The van der Waals surface area contributed by atoms with Crippen LogP contribution in [0.25, 0.3) is 0 Å². The van der Waals surface area contributed by atoms with Crippen molar-refractivity contribution in [2.45, 2.75) is 43.9 Å². The molecule has 0 amide bonds. The highest BCUT2D eigenvalue weighted by Gasteiger charge is 2.35. The zero-order valence-electron chi connectivity index (χ0n) is 10.7.